The second-order valence-electron chi connectivity index (χ2n) is 6.41. The van der Waals surface area contributed by atoms with Crippen molar-refractivity contribution in [2.75, 3.05) is 13.1 Å². The molecule has 3 aromatic heterocycles. The molecule has 7 nitrogen and oxygen atoms in total. The maximum Gasteiger partial charge on any atom is 0.267 e. The van der Waals surface area contributed by atoms with Crippen molar-refractivity contribution in [1.82, 2.24) is 29.1 Å². The highest BCUT2D eigenvalue weighted by Crippen LogP contribution is 2.28. The summed E-state index contributed by atoms with van der Waals surface area (Å²) in [6, 6.07) is 4.04. The van der Waals surface area contributed by atoms with Gasteiger partial charge in [0.05, 0.1) is 11.4 Å². The summed E-state index contributed by atoms with van der Waals surface area (Å²) >= 11 is 1.20. The number of fused-ring (bicyclic) bond motifs is 1. The molecule has 0 unspecified atom stereocenters. The monoisotopic (exact) mass is 356 g/mol. The summed E-state index contributed by atoms with van der Waals surface area (Å²) in [6.07, 6.45) is 4.56. The van der Waals surface area contributed by atoms with Gasteiger partial charge in [-0.2, -0.15) is 5.10 Å². The molecule has 4 rings (SSSR count). The van der Waals surface area contributed by atoms with E-state index < -0.39 is 0 Å². The average molecular weight is 356 g/mol. The molecule has 1 amide bonds. The van der Waals surface area contributed by atoms with E-state index in [2.05, 4.69) is 14.7 Å². The van der Waals surface area contributed by atoms with Gasteiger partial charge in [-0.1, -0.05) is 11.4 Å². The van der Waals surface area contributed by atoms with E-state index in [1.54, 1.807) is 4.52 Å². The number of hydrogen-bond acceptors (Lipinski definition) is 6. The minimum absolute atomic E-state index is 0.0696. The highest BCUT2D eigenvalue weighted by atomic mass is 32.1. The number of nitrogens with zero attached hydrogens (tertiary/aromatic N) is 6. The van der Waals surface area contributed by atoms with Crippen molar-refractivity contribution in [3.8, 4) is 0 Å². The van der Waals surface area contributed by atoms with E-state index in [0.717, 1.165) is 55.1 Å². The van der Waals surface area contributed by atoms with Gasteiger partial charge >= 0.3 is 0 Å². The lowest BCUT2D eigenvalue weighted by atomic mass is 9.93. The number of hydrogen-bond donors (Lipinski definition) is 0. The summed E-state index contributed by atoms with van der Waals surface area (Å²) in [7, 11) is 0. The fourth-order valence-corrected chi connectivity index (χ4v) is 4.08. The molecule has 8 heteroatoms. The Bertz CT molecular complexity index is 909. The number of carbonyl (C=O) groups is 1. The van der Waals surface area contributed by atoms with Gasteiger partial charge in [0.25, 0.3) is 5.91 Å². The normalized spacial score (nSPS) is 15.8. The lowest BCUT2D eigenvalue weighted by molar-refractivity contribution is 0.0715. The zero-order valence-corrected chi connectivity index (χ0v) is 15.2. The summed E-state index contributed by atoms with van der Waals surface area (Å²) < 4.78 is 5.73. The Kier molecular flexibility index (Phi) is 4.20. The fraction of sp³-hybridized carbons (Fsp3) is 0.471. The Balaban J connectivity index is 1.46. The van der Waals surface area contributed by atoms with Crippen molar-refractivity contribution < 1.29 is 4.79 Å². The maximum absolute atomic E-state index is 12.7. The van der Waals surface area contributed by atoms with Gasteiger partial charge in [0.15, 0.2) is 5.65 Å². The predicted octanol–water partition coefficient (Wildman–Crippen LogP) is 2.47. The largest absolute Gasteiger partial charge is 0.338 e. The van der Waals surface area contributed by atoms with Crippen LogP contribution in [0.15, 0.2) is 18.3 Å². The third kappa shape index (κ3) is 3.02. The number of amides is 1. The van der Waals surface area contributed by atoms with E-state index in [1.165, 1.54) is 11.5 Å². The van der Waals surface area contributed by atoms with Crippen molar-refractivity contribution in [1.29, 1.82) is 0 Å². The summed E-state index contributed by atoms with van der Waals surface area (Å²) in [5, 5.41) is 8.42. The zero-order valence-electron chi connectivity index (χ0n) is 14.3. The van der Waals surface area contributed by atoms with Crippen molar-refractivity contribution in [2.24, 2.45) is 0 Å². The molecule has 1 saturated heterocycles. The molecular weight excluding hydrogens is 336 g/mol. The Hall–Kier alpha value is -2.35. The molecule has 0 aromatic carbocycles. The first-order chi connectivity index (χ1) is 12.2. The summed E-state index contributed by atoms with van der Waals surface area (Å²) in [5.74, 6) is 0.453. The van der Waals surface area contributed by atoms with Gasteiger partial charge in [0, 0.05) is 37.0 Å². The molecule has 130 valence electrons. The second-order valence-corrected chi connectivity index (χ2v) is 7.16. The number of piperidine rings is 1. The smallest absolute Gasteiger partial charge is 0.267 e. The fourth-order valence-electron chi connectivity index (χ4n) is 3.36. The molecule has 1 fully saturated rings. The van der Waals surface area contributed by atoms with Gasteiger partial charge in [-0.25, -0.2) is 9.50 Å². The van der Waals surface area contributed by atoms with E-state index in [4.69, 9.17) is 4.98 Å². The molecule has 4 heterocycles. The van der Waals surface area contributed by atoms with E-state index in [9.17, 15) is 4.79 Å². The van der Waals surface area contributed by atoms with E-state index in [-0.39, 0.29) is 5.91 Å². The van der Waals surface area contributed by atoms with Gasteiger partial charge < -0.3 is 4.90 Å². The molecule has 0 aliphatic carbocycles. The van der Waals surface area contributed by atoms with E-state index in [1.807, 2.05) is 37.1 Å². The lowest BCUT2D eigenvalue weighted by Gasteiger charge is -2.31. The van der Waals surface area contributed by atoms with E-state index >= 15 is 0 Å². The van der Waals surface area contributed by atoms with Crippen LogP contribution in [0.25, 0.3) is 5.65 Å². The van der Waals surface area contributed by atoms with Crippen LogP contribution in [0.1, 0.15) is 52.4 Å². The van der Waals surface area contributed by atoms with Crippen LogP contribution >= 0.6 is 11.5 Å². The number of aromatic nitrogens is 5. The second kappa shape index (κ2) is 6.51. The number of aryl methyl sites for hydroxylation is 2. The van der Waals surface area contributed by atoms with Crippen LogP contribution in [-0.2, 0) is 6.42 Å². The molecular formula is C17H20N6OS. The van der Waals surface area contributed by atoms with Crippen LogP contribution in [0, 0.1) is 6.92 Å². The predicted molar refractivity (Wildman–Crippen MR) is 94.9 cm³/mol. The Morgan fingerprint density at radius 2 is 2.16 bits per heavy atom. The van der Waals surface area contributed by atoms with Crippen LogP contribution in [0.4, 0.5) is 0 Å². The van der Waals surface area contributed by atoms with Gasteiger partial charge in [-0.3, -0.25) is 4.79 Å². The lowest BCUT2D eigenvalue weighted by Crippen LogP contribution is -2.38. The average Bonchev–Trinajstić information content (AvgIpc) is 3.25. The summed E-state index contributed by atoms with van der Waals surface area (Å²) in [4.78, 5) is 20.0. The minimum Gasteiger partial charge on any atom is -0.338 e. The molecule has 0 N–H and O–H groups in total. The Labute approximate surface area is 149 Å². The number of likely N-dealkylation sites (tertiary alicyclic amines) is 1. The van der Waals surface area contributed by atoms with Gasteiger partial charge in [0.2, 0.25) is 0 Å². The molecule has 25 heavy (non-hydrogen) atoms. The SMILES string of the molecule is CCc1nnsc1C(=O)N1CCC(c2ccn3nc(C)cc3n2)CC1. The van der Waals surface area contributed by atoms with Gasteiger partial charge in [0.1, 0.15) is 4.88 Å². The topological polar surface area (TPSA) is 76.3 Å². The van der Waals surface area contributed by atoms with Crippen molar-refractivity contribution in [3.05, 3.63) is 40.3 Å². The first-order valence-corrected chi connectivity index (χ1v) is 9.36. The molecule has 0 saturated carbocycles. The van der Waals surface area contributed by atoms with Gasteiger partial charge in [-0.15, -0.1) is 5.10 Å². The van der Waals surface area contributed by atoms with Crippen LogP contribution < -0.4 is 0 Å². The van der Waals surface area contributed by atoms with Crippen molar-refractivity contribution in [3.63, 3.8) is 0 Å². The third-order valence-corrected chi connectivity index (χ3v) is 5.51. The van der Waals surface area contributed by atoms with Crippen LogP contribution in [0.3, 0.4) is 0 Å². The number of carbonyl (C=O) groups excluding carboxylic acids is 1. The zero-order chi connectivity index (χ0) is 17.4. The summed E-state index contributed by atoms with van der Waals surface area (Å²) in [5.41, 5.74) is 3.75. The van der Waals surface area contributed by atoms with Crippen LogP contribution in [0.2, 0.25) is 0 Å². The molecule has 1 aliphatic heterocycles. The minimum atomic E-state index is 0.0696. The van der Waals surface area contributed by atoms with Crippen LogP contribution in [0.5, 0.6) is 0 Å². The molecule has 0 radical (unpaired) electrons. The van der Waals surface area contributed by atoms with E-state index in [0.29, 0.717) is 10.8 Å². The first kappa shape index (κ1) is 16.1. The first-order valence-electron chi connectivity index (χ1n) is 8.59. The quantitative estimate of drug-likeness (QED) is 0.720. The Morgan fingerprint density at radius 3 is 2.92 bits per heavy atom. The molecule has 0 atom stereocenters. The number of rotatable bonds is 3. The van der Waals surface area contributed by atoms with Crippen molar-refractivity contribution in [2.45, 2.75) is 39.0 Å². The van der Waals surface area contributed by atoms with Crippen LogP contribution in [-0.4, -0.2) is 48.1 Å². The van der Waals surface area contributed by atoms with Crippen molar-refractivity contribution >= 4 is 23.1 Å². The standard InChI is InChI=1S/C17H20N6OS/c1-3-13-16(25-21-19-13)17(24)22-7-4-12(5-8-22)14-6-9-23-15(18-14)10-11(2)20-23/h6,9-10,12H,3-5,7-8H2,1-2H3. The maximum atomic E-state index is 12.7. The summed E-state index contributed by atoms with van der Waals surface area (Å²) in [6.45, 7) is 5.46. The van der Waals surface area contributed by atoms with Gasteiger partial charge in [-0.05, 0) is 43.8 Å². The highest BCUT2D eigenvalue weighted by Gasteiger charge is 2.28. The highest BCUT2D eigenvalue weighted by molar-refractivity contribution is 7.08. The molecule has 3 aromatic rings. The molecule has 0 bridgehead atoms. The Morgan fingerprint density at radius 1 is 1.36 bits per heavy atom. The third-order valence-electron chi connectivity index (χ3n) is 4.75. The molecule has 0 spiro atoms. The molecule has 1 aliphatic rings.